The lowest BCUT2D eigenvalue weighted by Gasteiger charge is -2.36. The molecular weight excluding hydrogens is 302 g/mol. The largest absolute Gasteiger partial charge is 0.368 e. The number of primary amides is 1. The highest BCUT2D eigenvalue weighted by molar-refractivity contribution is 7.86. The van der Waals surface area contributed by atoms with Gasteiger partial charge in [0.15, 0.2) is 0 Å². The van der Waals surface area contributed by atoms with Crippen molar-refractivity contribution in [1.82, 2.24) is 8.61 Å². The smallest absolute Gasteiger partial charge is 0.282 e. The summed E-state index contributed by atoms with van der Waals surface area (Å²) in [5.74, 6) is -0.609. The van der Waals surface area contributed by atoms with E-state index in [0.29, 0.717) is 13.0 Å². The SMILES string of the molecule is CCCCN(C)S(=O)(=O)N1Cc2ccccc2C[C@H]1C(N)=O. The molecule has 0 radical (unpaired) electrons. The van der Waals surface area contributed by atoms with Crippen molar-refractivity contribution in [2.75, 3.05) is 13.6 Å². The van der Waals surface area contributed by atoms with Gasteiger partial charge in [-0.15, -0.1) is 0 Å². The van der Waals surface area contributed by atoms with Gasteiger partial charge in [0.1, 0.15) is 6.04 Å². The van der Waals surface area contributed by atoms with Crippen LogP contribution in [0.1, 0.15) is 30.9 Å². The van der Waals surface area contributed by atoms with Crippen LogP contribution in [0.15, 0.2) is 24.3 Å². The van der Waals surface area contributed by atoms with E-state index in [9.17, 15) is 13.2 Å². The van der Waals surface area contributed by atoms with Gasteiger partial charge in [0, 0.05) is 20.1 Å². The summed E-state index contributed by atoms with van der Waals surface area (Å²) in [6.07, 6.45) is 2.01. The first kappa shape index (κ1) is 16.9. The van der Waals surface area contributed by atoms with Gasteiger partial charge in [-0.25, -0.2) is 0 Å². The Kier molecular flexibility index (Phi) is 5.20. The molecule has 6 nitrogen and oxygen atoms in total. The maximum atomic E-state index is 12.8. The molecule has 2 N–H and O–H groups in total. The Morgan fingerprint density at radius 1 is 1.36 bits per heavy atom. The highest BCUT2D eigenvalue weighted by Gasteiger charge is 2.39. The number of amides is 1. The van der Waals surface area contributed by atoms with E-state index in [2.05, 4.69) is 0 Å². The van der Waals surface area contributed by atoms with Gasteiger partial charge in [-0.2, -0.15) is 17.0 Å². The molecule has 122 valence electrons. The zero-order valence-electron chi connectivity index (χ0n) is 13.0. The van der Waals surface area contributed by atoms with Crippen molar-refractivity contribution < 1.29 is 13.2 Å². The molecule has 1 aliphatic rings. The third-order valence-electron chi connectivity index (χ3n) is 4.05. The Labute approximate surface area is 132 Å². The molecule has 1 aliphatic heterocycles. The summed E-state index contributed by atoms with van der Waals surface area (Å²) in [6, 6.07) is 6.73. The second kappa shape index (κ2) is 6.76. The second-order valence-corrected chi connectivity index (χ2v) is 7.61. The standard InChI is InChI=1S/C15H23N3O3S/c1-3-4-9-17(2)22(20,21)18-11-13-8-6-5-7-12(13)10-14(18)15(16)19/h5-8,14H,3-4,9-11H2,1-2H3,(H2,16,19)/t14-/m0/s1. The van der Waals surface area contributed by atoms with E-state index in [1.54, 1.807) is 7.05 Å². The number of hydrogen-bond donors (Lipinski definition) is 1. The molecule has 0 unspecified atom stereocenters. The fraction of sp³-hybridized carbons (Fsp3) is 0.533. The lowest BCUT2D eigenvalue weighted by atomic mass is 9.96. The van der Waals surface area contributed by atoms with Crippen LogP contribution in [-0.4, -0.2) is 42.6 Å². The summed E-state index contributed by atoms with van der Waals surface area (Å²) in [6.45, 7) is 2.62. The number of nitrogens with zero attached hydrogens (tertiary/aromatic N) is 2. The molecule has 2 rings (SSSR count). The van der Waals surface area contributed by atoms with Gasteiger partial charge in [0.05, 0.1) is 0 Å². The number of benzene rings is 1. The zero-order valence-corrected chi connectivity index (χ0v) is 13.8. The number of unbranched alkanes of at least 4 members (excludes halogenated alkanes) is 1. The molecule has 7 heteroatoms. The topological polar surface area (TPSA) is 83.7 Å². The molecule has 0 aromatic heterocycles. The number of fused-ring (bicyclic) bond motifs is 1. The minimum atomic E-state index is -3.71. The van der Waals surface area contributed by atoms with Crippen molar-refractivity contribution in [2.24, 2.45) is 5.73 Å². The van der Waals surface area contributed by atoms with Gasteiger partial charge < -0.3 is 5.73 Å². The van der Waals surface area contributed by atoms with E-state index in [1.165, 1.54) is 8.61 Å². The van der Waals surface area contributed by atoms with Crippen LogP contribution in [-0.2, 0) is 28.0 Å². The average molecular weight is 325 g/mol. The number of carbonyl (C=O) groups is 1. The number of nitrogens with two attached hydrogens (primary N) is 1. The third kappa shape index (κ3) is 3.31. The van der Waals surface area contributed by atoms with Crippen molar-refractivity contribution in [3.63, 3.8) is 0 Å². The van der Waals surface area contributed by atoms with Gasteiger partial charge in [0.2, 0.25) is 5.91 Å². The van der Waals surface area contributed by atoms with Crippen LogP contribution in [0.5, 0.6) is 0 Å². The fourth-order valence-electron chi connectivity index (χ4n) is 2.66. The van der Waals surface area contributed by atoms with E-state index in [1.807, 2.05) is 31.2 Å². The van der Waals surface area contributed by atoms with E-state index >= 15 is 0 Å². The van der Waals surface area contributed by atoms with Crippen LogP contribution in [0.4, 0.5) is 0 Å². The maximum absolute atomic E-state index is 12.8. The van der Waals surface area contributed by atoms with Crippen LogP contribution in [0.25, 0.3) is 0 Å². The summed E-state index contributed by atoms with van der Waals surface area (Å²) >= 11 is 0. The Morgan fingerprint density at radius 2 is 2.00 bits per heavy atom. The normalized spacial score (nSPS) is 19.1. The molecule has 1 aromatic carbocycles. The summed E-state index contributed by atoms with van der Waals surface area (Å²) in [7, 11) is -2.16. The third-order valence-corrected chi connectivity index (χ3v) is 6.00. The number of hydrogen-bond acceptors (Lipinski definition) is 3. The highest BCUT2D eigenvalue weighted by Crippen LogP contribution is 2.26. The van der Waals surface area contributed by atoms with Crippen molar-refractivity contribution in [3.8, 4) is 0 Å². The van der Waals surface area contributed by atoms with E-state index < -0.39 is 22.2 Å². The van der Waals surface area contributed by atoms with Crippen molar-refractivity contribution >= 4 is 16.1 Å². The molecule has 0 fully saturated rings. The van der Waals surface area contributed by atoms with E-state index in [4.69, 9.17) is 5.73 Å². The summed E-state index contributed by atoms with van der Waals surface area (Å²) in [4.78, 5) is 11.8. The molecule has 0 saturated heterocycles. The van der Waals surface area contributed by atoms with Crippen LogP contribution in [0, 0.1) is 0 Å². The lowest BCUT2D eigenvalue weighted by molar-refractivity contribution is -0.122. The summed E-state index contributed by atoms with van der Waals surface area (Å²) in [5.41, 5.74) is 7.35. The second-order valence-electron chi connectivity index (χ2n) is 5.62. The van der Waals surface area contributed by atoms with Crippen LogP contribution in [0.3, 0.4) is 0 Å². The van der Waals surface area contributed by atoms with E-state index in [-0.39, 0.29) is 6.54 Å². The molecule has 1 amide bonds. The Bertz CT molecular complexity index is 645. The predicted molar refractivity (Wildman–Crippen MR) is 85.1 cm³/mol. The minimum Gasteiger partial charge on any atom is -0.368 e. The minimum absolute atomic E-state index is 0.183. The van der Waals surface area contributed by atoms with Gasteiger partial charge >= 0.3 is 0 Å². The average Bonchev–Trinajstić information content (AvgIpc) is 2.51. The maximum Gasteiger partial charge on any atom is 0.282 e. The Balaban J connectivity index is 2.33. The quantitative estimate of drug-likeness (QED) is 0.842. The first-order valence-electron chi connectivity index (χ1n) is 7.47. The molecule has 22 heavy (non-hydrogen) atoms. The zero-order chi connectivity index (χ0) is 16.3. The monoisotopic (exact) mass is 325 g/mol. The van der Waals surface area contributed by atoms with Crippen molar-refractivity contribution in [3.05, 3.63) is 35.4 Å². The van der Waals surface area contributed by atoms with Gasteiger partial charge in [-0.3, -0.25) is 4.79 Å². The van der Waals surface area contributed by atoms with Gasteiger partial charge in [-0.1, -0.05) is 37.6 Å². The molecule has 1 aromatic rings. The van der Waals surface area contributed by atoms with Crippen LogP contribution >= 0.6 is 0 Å². The Hall–Kier alpha value is -1.44. The molecule has 1 atom stereocenters. The molecule has 0 aliphatic carbocycles. The van der Waals surface area contributed by atoms with Crippen molar-refractivity contribution in [2.45, 2.75) is 38.8 Å². The number of rotatable bonds is 6. The lowest BCUT2D eigenvalue weighted by Crippen LogP contribution is -2.54. The summed E-state index contributed by atoms with van der Waals surface area (Å²) in [5, 5.41) is 0. The molecular formula is C15H23N3O3S. The molecule has 1 heterocycles. The predicted octanol–water partition coefficient (Wildman–Crippen LogP) is 0.875. The first-order chi connectivity index (χ1) is 10.4. The van der Waals surface area contributed by atoms with Crippen LogP contribution in [0.2, 0.25) is 0 Å². The molecule has 0 spiro atoms. The first-order valence-corrected chi connectivity index (χ1v) is 8.86. The molecule has 0 bridgehead atoms. The Morgan fingerprint density at radius 3 is 2.59 bits per heavy atom. The van der Waals surface area contributed by atoms with Crippen LogP contribution < -0.4 is 5.73 Å². The number of carbonyl (C=O) groups excluding carboxylic acids is 1. The van der Waals surface area contributed by atoms with Crippen molar-refractivity contribution in [1.29, 1.82) is 0 Å². The van der Waals surface area contributed by atoms with E-state index in [0.717, 1.165) is 24.0 Å². The van der Waals surface area contributed by atoms with Gasteiger partial charge in [0.25, 0.3) is 10.2 Å². The molecule has 0 saturated carbocycles. The van der Waals surface area contributed by atoms with Gasteiger partial charge in [-0.05, 0) is 24.0 Å². The highest BCUT2D eigenvalue weighted by atomic mass is 32.2. The fourth-order valence-corrected chi connectivity index (χ4v) is 4.18. The summed E-state index contributed by atoms with van der Waals surface area (Å²) < 4.78 is 28.1.